The minimum atomic E-state index is -0.599. The molecule has 0 bridgehead atoms. The van der Waals surface area contributed by atoms with Crippen molar-refractivity contribution in [1.29, 1.82) is 0 Å². The molecule has 0 atom stereocenters. The van der Waals surface area contributed by atoms with Gasteiger partial charge < -0.3 is 18.9 Å². The maximum Gasteiger partial charge on any atom is 0.343 e. The molecule has 9 heteroatoms. The van der Waals surface area contributed by atoms with Crippen molar-refractivity contribution in [2.75, 3.05) is 6.61 Å². The molecule has 0 fully saturated rings. The Labute approximate surface area is 230 Å². The number of esters is 4. The summed E-state index contributed by atoms with van der Waals surface area (Å²) < 4.78 is 20.6. The summed E-state index contributed by atoms with van der Waals surface area (Å²) in [7, 11) is 0. The third kappa shape index (κ3) is 8.98. The van der Waals surface area contributed by atoms with Crippen LogP contribution in [0, 0.1) is 0 Å². The highest BCUT2D eigenvalue weighted by atomic mass is 35.5. The largest absolute Gasteiger partial charge is 0.462 e. The van der Waals surface area contributed by atoms with Gasteiger partial charge in [-0.1, -0.05) is 55.1 Å². The number of carbonyl (C=O) groups is 4. The molecule has 0 aromatic heterocycles. The Morgan fingerprint density at radius 1 is 0.667 bits per heavy atom. The van der Waals surface area contributed by atoms with Gasteiger partial charge in [0.15, 0.2) is 0 Å². The molecule has 0 unspecified atom stereocenters. The number of hydrogen-bond acceptors (Lipinski definition) is 8. The molecular formula is C30H25ClO8. The summed E-state index contributed by atoms with van der Waals surface area (Å²) in [6.45, 7) is 6.91. The zero-order valence-electron chi connectivity index (χ0n) is 20.9. The van der Waals surface area contributed by atoms with Gasteiger partial charge in [0.05, 0.1) is 22.8 Å². The molecule has 0 spiro atoms. The van der Waals surface area contributed by atoms with E-state index in [1.54, 1.807) is 66.7 Å². The lowest BCUT2D eigenvalue weighted by atomic mass is 10.1. The highest BCUT2D eigenvalue weighted by Crippen LogP contribution is 2.27. The van der Waals surface area contributed by atoms with Crippen LogP contribution in [0.3, 0.4) is 0 Å². The predicted molar refractivity (Wildman–Crippen MR) is 143 cm³/mol. The lowest BCUT2D eigenvalue weighted by molar-refractivity contribution is -0.139. The van der Waals surface area contributed by atoms with E-state index in [2.05, 4.69) is 13.2 Å². The van der Waals surface area contributed by atoms with Crippen molar-refractivity contribution < 1.29 is 38.1 Å². The van der Waals surface area contributed by atoms with Gasteiger partial charge in [0, 0.05) is 18.6 Å². The summed E-state index contributed by atoms with van der Waals surface area (Å²) in [5.74, 6) is -1.97. The van der Waals surface area contributed by atoms with E-state index in [9.17, 15) is 19.2 Å². The summed E-state index contributed by atoms with van der Waals surface area (Å²) in [6.07, 6.45) is 2.55. The summed E-state index contributed by atoms with van der Waals surface area (Å²) in [4.78, 5) is 47.1. The van der Waals surface area contributed by atoms with Crippen LogP contribution in [0.5, 0.6) is 5.75 Å². The fraction of sp³-hybridized carbons (Fsp3) is 0.133. The third-order valence-electron chi connectivity index (χ3n) is 5.30. The highest BCUT2D eigenvalue weighted by Gasteiger charge is 2.13. The average molecular weight is 549 g/mol. The molecule has 0 saturated carbocycles. The summed E-state index contributed by atoms with van der Waals surface area (Å²) in [5.41, 5.74) is 2.87. The second kappa shape index (κ2) is 14.3. The smallest absolute Gasteiger partial charge is 0.343 e. The molecule has 0 N–H and O–H groups in total. The maximum atomic E-state index is 12.5. The van der Waals surface area contributed by atoms with Gasteiger partial charge in [0.2, 0.25) is 0 Å². The van der Waals surface area contributed by atoms with Crippen LogP contribution in [-0.2, 0) is 43.4 Å². The molecule has 0 aliphatic heterocycles. The first-order chi connectivity index (χ1) is 18.8. The Morgan fingerprint density at radius 3 is 1.64 bits per heavy atom. The molecule has 39 heavy (non-hydrogen) atoms. The molecule has 0 heterocycles. The van der Waals surface area contributed by atoms with Gasteiger partial charge >= 0.3 is 23.9 Å². The average Bonchev–Trinajstić information content (AvgIpc) is 2.96. The number of carbonyl (C=O) groups excluding carboxylic acids is 4. The predicted octanol–water partition coefficient (Wildman–Crippen LogP) is 5.42. The van der Waals surface area contributed by atoms with Crippen LogP contribution in [0.1, 0.15) is 37.4 Å². The normalized spacial score (nSPS) is 10.2. The van der Waals surface area contributed by atoms with Crippen LogP contribution in [0.25, 0.3) is 0 Å². The van der Waals surface area contributed by atoms with Gasteiger partial charge in [0.25, 0.3) is 0 Å². The van der Waals surface area contributed by atoms with E-state index in [1.807, 2.05) is 0 Å². The maximum absolute atomic E-state index is 12.5. The molecule has 0 saturated heterocycles. The molecular weight excluding hydrogens is 524 g/mol. The van der Waals surface area contributed by atoms with E-state index in [-0.39, 0.29) is 30.6 Å². The minimum Gasteiger partial charge on any atom is -0.462 e. The van der Waals surface area contributed by atoms with Gasteiger partial charge in [-0.15, -0.1) is 0 Å². The Balaban J connectivity index is 1.47. The molecule has 200 valence electrons. The van der Waals surface area contributed by atoms with Gasteiger partial charge in [-0.3, -0.25) is 0 Å². The lowest BCUT2D eigenvalue weighted by Gasteiger charge is -2.10. The molecule has 8 nitrogen and oxygen atoms in total. The van der Waals surface area contributed by atoms with Crippen molar-refractivity contribution in [3.63, 3.8) is 0 Å². The Morgan fingerprint density at radius 2 is 1.15 bits per heavy atom. The molecule has 3 aromatic carbocycles. The van der Waals surface area contributed by atoms with Crippen LogP contribution >= 0.6 is 11.6 Å². The number of hydrogen-bond donors (Lipinski definition) is 0. The Hall–Kier alpha value is -4.69. The zero-order valence-corrected chi connectivity index (χ0v) is 21.6. The summed E-state index contributed by atoms with van der Waals surface area (Å²) >= 11 is 6.30. The van der Waals surface area contributed by atoms with Gasteiger partial charge in [-0.05, 0) is 53.1 Å². The first-order valence-electron chi connectivity index (χ1n) is 11.7. The van der Waals surface area contributed by atoms with E-state index in [1.165, 1.54) is 0 Å². The molecule has 0 amide bonds. The van der Waals surface area contributed by atoms with E-state index >= 15 is 0 Å². The van der Waals surface area contributed by atoms with E-state index in [4.69, 9.17) is 30.5 Å². The SMILES string of the molecule is C=CC(=O)OCc1ccc(C(=O)OCCc2ccc(OC(=O)c3ccc(COC(=O)C=C)cc3)c(Cl)c2)cc1. The molecule has 0 aliphatic rings. The second-order valence-electron chi connectivity index (χ2n) is 8.06. The summed E-state index contributed by atoms with van der Waals surface area (Å²) in [6, 6.07) is 17.8. The number of rotatable bonds is 12. The Kier molecular flexibility index (Phi) is 10.6. The number of halogens is 1. The quantitative estimate of drug-likeness (QED) is 0.128. The standard InChI is InChI=1S/C30H25ClO8/c1-3-27(32)37-18-21-5-10-23(11-6-21)29(34)36-16-15-20-9-14-26(25(31)17-20)39-30(35)24-12-7-22(8-13-24)19-38-28(33)4-2/h3-14,17H,1-2,15-16,18-19H2. The van der Waals surface area contributed by atoms with Crippen molar-refractivity contribution in [2.45, 2.75) is 19.6 Å². The van der Waals surface area contributed by atoms with Crippen molar-refractivity contribution in [3.8, 4) is 5.75 Å². The van der Waals surface area contributed by atoms with Crippen molar-refractivity contribution in [2.24, 2.45) is 0 Å². The topological polar surface area (TPSA) is 105 Å². The molecule has 3 rings (SSSR count). The lowest BCUT2D eigenvalue weighted by Crippen LogP contribution is -2.10. The third-order valence-corrected chi connectivity index (χ3v) is 5.59. The fourth-order valence-corrected chi connectivity index (χ4v) is 3.43. The highest BCUT2D eigenvalue weighted by molar-refractivity contribution is 6.32. The zero-order chi connectivity index (χ0) is 28.2. The van der Waals surface area contributed by atoms with Crippen LogP contribution in [0.15, 0.2) is 92.0 Å². The van der Waals surface area contributed by atoms with E-state index in [0.29, 0.717) is 23.1 Å². The van der Waals surface area contributed by atoms with Gasteiger partial charge in [-0.25, -0.2) is 19.2 Å². The van der Waals surface area contributed by atoms with Crippen molar-refractivity contribution in [3.05, 3.63) is 125 Å². The molecule has 0 radical (unpaired) electrons. The van der Waals surface area contributed by atoms with Crippen molar-refractivity contribution in [1.82, 2.24) is 0 Å². The van der Waals surface area contributed by atoms with Gasteiger partial charge in [-0.2, -0.15) is 0 Å². The van der Waals surface area contributed by atoms with E-state index < -0.39 is 23.9 Å². The van der Waals surface area contributed by atoms with Crippen LogP contribution in [-0.4, -0.2) is 30.5 Å². The first-order valence-corrected chi connectivity index (χ1v) is 12.1. The summed E-state index contributed by atoms with van der Waals surface area (Å²) in [5, 5.41) is 0.230. The Bertz CT molecular complexity index is 1360. The van der Waals surface area contributed by atoms with Crippen LogP contribution in [0.4, 0.5) is 0 Å². The minimum absolute atomic E-state index is 0.0596. The first kappa shape index (κ1) is 28.9. The second-order valence-corrected chi connectivity index (χ2v) is 8.46. The van der Waals surface area contributed by atoms with E-state index in [0.717, 1.165) is 23.3 Å². The monoisotopic (exact) mass is 548 g/mol. The van der Waals surface area contributed by atoms with Crippen molar-refractivity contribution >= 4 is 35.5 Å². The molecule has 3 aromatic rings. The molecule has 0 aliphatic carbocycles. The number of benzene rings is 3. The van der Waals surface area contributed by atoms with Gasteiger partial charge in [0.1, 0.15) is 19.0 Å². The number of ether oxygens (including phenoxy) is 4. The van der Waals surface area contributed by atoms with Crippen LogP contribution in [0.2, 0.25) is 5.02 Å². The fourth-order valence-electron chi connectivity index (χ4n) is 3.19. The van der Waals surface area contributed by atoms with Crippen LogP contribution < -0.4 is 4.74 Å².